The van der Waals surface area contributed by atoms with Crippen molar-refractivity contribution >= 4 is 35.0 Å². The van der Waals surface area contributed by atoms with Crippen molar-refractivity contribution in [2.24, 2.45) is 0 Å². The van der Waals surface area contributed by atoms with Gasteiger partial charge in [0.15, 0.2) is 5.16 Å². The van der Waals surface area contributed by atoms with Gasteiger partial charge in [-0.25, -0.2) is 4.98 Å². The molecule has 1 aliphatic carbocycles. The summed E-state index contributed by atoms with van der Waals surface area (Å²) >= 11 is 7.15. The lowest BCUT2D eigenvalue weighted by Gasteiger charge is -2.26. The third-order valence-corrected chi connectivity index (χ3v) is 6.48. The summed E-state index contributed by atoms with van der Waals surface area (Å²) in [5.41, 5.74) is 0.614. The van der Waals surface area contributed by atoms with Crippen LogP contribution in [0.25, 0.3) is 0 Å². The van der Waals surface area contributed by atoms with Gasteiger partial charge in [-0.15, -0.1) is 0 Å². The molecule has 1 amide bonds. The number of hydrogen-bond donors (Lipinski definition) is 1. The van der Waals surface area contributed by atoms with Gasteiger partial charge in [-0.3, -0.25) is 4.79 Å². The van der Waals surface area contributed by atoms with Crippen molar-refractivity contribution in [1.29, 1.82) is 0 Å². The molecule has 1 fully saturated rings. The molecule has 158 valence electrons. The van der Waals surface area contributed by atoms with E-state index in [1.165, 1.54) is 43.2 Å². The monoisotopic (exact) mass is 445 g/mol. The van der Waals surface area contributed by atoms with Gasteiger partial charge in [0.25, 0.3) is 0 Å². The van der Waals surface area contributed by atoms with Gasteiger partial charge in [0, 0.05) is 11.7 Å². The second kappa shape index (κ2) is 9.00. The number of benzene rings is 1. The molecule has 0 unspecified atom stereocenters. The van der Waals surface area contributed by atoms with E-state index in [0.29, 0.717) is 6.04 Å². The zero-order valence-corrected chi connectivity index (χ0v) is 17.8. The summed E-state index contributed by atoms with van der Waals surface area (Å²) < 4.78 is 41.8. The lowest BCUT2D eigenvalue weighted by Crippen LogP contribution is -2.19. The zero-order valence-electron chi connectivity index (χ0n) is 16.3. The summed E-state index contributed by atoms with van der Waals surface area (Å²) in [6.45, 7) is 3.94. The van der Waals surface area contributed by atoms with Gasteiger partial charge < -0.3 is 9.88 Å². The molecule has 1 saturated carbocycles. The third kappa shape index (κ3) is 5.09. The van der Waals surface area contributed by atoms with Crippen LogP contribution in [0.3, 0.4) is 0 Å². The quantitative estimate of drug-likeness (QED) is 0.541. The van der Waals surface area contributed by atoms with E-state index in [4.69, 9.17) is 11.6 Å². The molecule has 0 bridgehead atoms. The molecule has 9 heteroatoms. The lowest BCUT2D eigenvalue weighted by molar-refractivity contribution is -0.137. The Bertz CT molecular complexity index is 892. The van der Waals surface area contributed by atoms with Crippen molar-refractivity contribution in [1.82, 2.24) is 9.55 Å². The largest absolute Gasteiger partial charge is 0.418 e. The number of halogens is 4. The highest BCUT2D eigenvalue weighted by atomic mass is 35.5. The number of para-hydroxylation sites is 1. The predicted molar refractivity (Wildman–Crippen MR) is 110 cm³/mol. The summed E-state index contributed by atoms with van der Waals surface area (Å²) in [6, 6.07) is 3.79. The number of hydrogen-bond acceptors (Lipinski definition) is 3. The number of nitrogens with one attached hydrogen (secondary N) is 1. The van der Waals surface area contributed by atoms with Gasteiger partial charge in [0.2, 0.25) is 5.91 Å². The first-order chi connectivity index (χ1) is 13.7. The van der Waals surface area contributed by atoms with Crippen LogP contribution in [0.2, 0.25) is 5.02 Å². The van der Waals surface area contributed by atoms with Gasteiger partial charge in [-0.05, 0) is 38.8 Å². The van der Waals surface area contributed by atoms with E-state index in [2.05, 4.69) is 14.9 Å². The Morgan fingerprint density at radius 2 is 1.97 bits per heavy atom. The molecule has 2 aromatic rings. The first-order valence-corrected chi connectivity index (χ1v) is 10.9. The molecule has 0 atom stereocenters. The molecule has 3 rings (SSSR count). The average molecular weight is 446 g/mol. The van der Waals surface area contributed by atoms with Crippen LogP contribution in [0.15, 0.2) is 23.4 Å². The molecule has 1 aromatic carbocycles. The molecular weight excluding hydrogens is 423 g/mol. The topological polar surface area (TPSA) is 46.9 Å². The summed E-state index contributed by atoms with van der Waals surface area (Å²) in [6.07, 6.45) is 1.10. The molecule has 0 saturated heterocycles. The van der Waals surface area contributed by atoms with Gasteiger partial charge in [0.05, 0.1) is 27.7 Å². The number of alkyl halides is 3. The van der Waals surface area contributed by atoms with Crippen LogP contribution in [0.4, 0.5) is 18.9 Å². The van der Waals surface area contributed by atoms with E-state index >= 15 is 0 Å². The maximum Gasteiger partial charge on any atom is 0.418 e. The highest BCUT2D eigenvalue weighted by molar-refractivity contribution is 7.99. The van der Waals surface area contributed by atoms with Gasteiger partial charge >= 0.3 is 6.18 Å². The number of aromatic nitrogens is 2. The third-order valence-electron chi connectivity index (χ3n) is 5.21. The van der Waals surface area contributed by atoms with E-state index in [9.17, 15) is 18.0 Å². The number of carbonyl (C=O) groups excluding carboxylic acids is 1. The SMILES string of the molecule is Cc1nc(SCC(=O)Nc2c(Cl)cccc2C(F)(F)F)n(C2CCCCC2)c1C. The molecular formula is C20H23ClF3N3OS. The predicted octanol–water partition coefficient (Wildman–Crippen LogP) is 6.41. The van der Waals surface area contributed by atoms with E-state index in [-0.39, 0.29) is 10.8 Å². The molecule has 1 heterocycles. The Morgan fingerprint density at radius 3 is 2.62 bits per heavy atom. The Labute approximate surface area is 177 Å². The van der Waals surface area contributed by atoms with E-state index < -0.39 is 23.3 Å². The summed E-state index contributed by atoms with van der Waals surface area (Å²) in [4.78, 5) is 17.0. The fourth-order valence-electron chi connectivity index (χ4n) is 3.66. The normalized spacial score (nSPS) is 15.5. The summed E-state index contributed by atoms with van der Waals surface area (Å²) in [5, 5.41) is 2.92. The van der Waals surface area contributed by atoms with Crippen LogP contribution in [-0.2, 0) is 11.0 Å². The summed E-state index contributed by atoms with van der Waals surface area (Å²) in [7, 11) is 0. The smallest absolute Gasteiger partial charge is 0.324 e. The van der Waals surface area contributed by atoms with Crippen LogP contribution in [0.1, 0.15) is 55.1 Å². The van der Waals surface area contributed by atoms with Crippen molar-refractivity contribution in [2.45, 2.75) is 63.3 Å². The van der Waals surface area contributed by atoms with E-state index in [0.717, 1.165) is 35.5 Å². The zero-order chi connectivity index (χ0) is 21.2. The molecule has 1 aromatic heterocycles. The highest BCUT2D eigenvalue weighted by Gasteiger charge is 2.35. The first-order valence-electron chi connectivity index (χ1n) is 9.52. The molecule has 1 N–H and O–H groups in total. The number of amides is 1. The van der Waals surface area contributed by atoms with Crippen molar-refractivity contribution in [2.75, 3.05) is 11.1 Å². The minimum atomic E-state index is -4.61. The second-order valence-corrected chi connectivity index (χ2v) is 8.57. The highest BCUT2D eigenvalue weighted by Crippen LogP contribution is 2.39. The van der Waals surface area contributed by atoms with Crippen molar-refractivity contribution in [3.63, 3.8) is 0 Å². The van der Waals surface area contributed by atoms with Crippen molar-refractivity contribution < 1.29 is 18.0 Å². The van der Waals surface area contributed by atoms with Crippen LogP contribution in [0.5, 0.6) is 0 Å². The van der Waals surface area contributed by atoms with Crippen molar-refractivity contribution in [3.8, 4) is 0 Å². The molecule has 29 heavy (non-hydrogen) atoms. The minimum Gasteiger partial charge on any atom is -0.324 e. The van der Waals surface area contributed by atoms with Crippen molar-refractivity contribution in [3.05, 3.63) is 40.2 Å². The second-order valence-electron chi connectivity index (χ2n) is 7.22. The number of rotatable bonds is 5. The van der Waals surface area contributed by atoms with Gasteiger partial charge in [-0.2, -0.15) is 13.2 Å². The maximum atomic E-state index is 13.2. The first kappa shape index (κ1) is 22.0. The fraction of sp³-hybridized carbons (Fsp3) is 0.500. The number of thioether (sulfide) groups is 1. The Morgan fingerprint density at radius 1 is 1.28 bits per heavy atom. The number of imidazole rings is 1. The minimum absolute atomic E-state index is 0.0505. The Kier molecular flexibility index (Phi) is 6.83. The molecule has 0 radical (unpaired) electrons. The number of nitrogens with zero attached hydrogens (tertiary/aromatic N) is 2. The molecule has 4 nitrogen and oxygen atoms in total. The van der Waals surface area contributed by atoms with Crippen LogP contribution in [0, 0.1) is 13.8 Å². The van der Waals surface area contributed by atoms with E-state index in [1.54, 1.807) is 0 Å². The summed E-state index contributed by atoms with van der Waals surface area (Å²) in [5.74, 6) is -0.604. The molecule has 1 aliphatic rings. The van der Waals surface area contributed by atoms with Gasteiger partial charge in [-0.1, -0.05) is 48.7 Å². The van der Waals surface area contributed by atoms with Crippen LogP contribution in [-0.4, -0.2) is 21.2 Å². The number of aryl methyl sites for hydroxylation is 1. The fourth-order valence-corrected chi connectivity index (χ4v) is 4.84. The molecule has 0 spiro atoms. The van der Waals surface area contributed by atoms with Crippen LogP contribution >= 0.6 is 23.4 Å². The average Bonchev–Trinajstić information content (AvgIpc) is 2.95. The Hall–Kier alpha value is -1.67. The van der Waals surface area contributed by atoms with Crippen LogP contribution < -0.4 is 5.32 Å². The number of carbonyl (C=O) groups is 1. The standard InChI is InChI=1S/C20H23ClF3N3OS/c1-12-13(2)27(14-7-4-3-5-8-14)19(25-12)29-11-17(28)26-18-15(20(22,23)24)9-6-10-16(18)21/h6,9-10,14H,3-5,7-8,11H2,1-2H3,(H,26,28). The molecule has 0 aliphatic heterocycles. The maximum absolute atomic E-state index is 13.2. The Balaban J connectivity index is 1.74. The number of anilines is 1. The lowest BCUT2D eigenvalue weighted by atomic mass is 9.95. The van der Waals surface area contributed by atoms with E-state index in [1.807, 2.05) is 13.8 Å². The van der Waals surface area contributed by atoms with Gasteiger partial charge in [0.1, 0.15) is 0 Å².